The number of ether oxygens (including phenoxy) is 1. The molecule has 0 bridgehead atoms. The SMILES string of the molecule is Cc1ccc([C@]2(C)NC(=O)N(CC(=O)Oc3ccc(C)c(C)c3)C2=O)cc1. The smallest absolute Gasteiger partial charge is 0.331 e. The van der Waals surface area contributed by atoms with Crippen molar-refractivity contribution in [2.75, 3.05) is 6.54 Å². The summed E-state index contributed by atoms with van der Waals surface area (Å²) in [5.74, 6) is -0.764. The van der Waals surface area contributed by atoms with Gasteiger partial charge in [-0.3, -0.25) is 9.69 Å². The summed E-state index contributed by atoms with van der Waals surface area (Å²) in [6.45, 7) is 7.00. The molecular weight excluding hydrogens is 344 g/mol. The van der Waals surface area contributed by atoms with Gasteiger partial charge in [0, 0.05) is 0 Å². The first-order valence-electron chi connectivity index (χ1n) is 8.70. The van der Waals surface area contributed by atoms with E-state index in [0.717, 1.165) is 21.6 Å². The summed E-state index contributed by atoms with van der Waals surface area (Å²) in [6.07, 6.45) is 0. The summed E-state index contributed by atoms with van der Waals surface area (Å²) in [7, 11) is 0. The van der Waals surface area contributed by atoms with E-state index < -0.39 is 30.0 Å². The number of imide groups is 1. The van der Waals surface area contributed by atoms with Gasteiger partial charge in [0.2, 0.25) is 0 Å². The zero-order valence-corrected chi connectivity index (χ0v) is 15.8. The number of rotatable bonds is 4. The average molecular weight is 366 g/mol. The van der Waals surface area contributed by atoms with Gasteiger partial charge in [0.15, 0.2) is 0 Å². The van der Waals surface area contributed by atoms with E-state index in [2.05, 4.69) is 5.32 Å². The molecule has 0 spiro atoms. The van der Waals surface area contributed by atoms with Gasteiger partial charge in [-0.1, -0.05) is 35.9 Å². The third-order valence-electron chi connectivity index (χ3n) is 4.90. The monoisotopic (exact) mass is 366 g/mol. The number of nitrogens with zero attached hydrogens (tertiary/aromatic N) is 1. The Morgan fingerprint density at radius 1 is 1.04 bits per heavy atom. The first kappa shape index (κ1) is 18.6. The lowest BCUT2D eigenvalue weighted by atomic mass is 9.91. The van der Waals surface area contributed by atoms with E-state index in [0.29, 0.717) is 11.3 Å². The largest absolute Gasteiger partial charge is 0.425 e. The second kappa shape index (κ2) is 6.87. The lowest BCUT2D eigenvalue weighted by Gasteiger charge is -2.22. The van der Waals surface area contributed by atoms with E-state index in [1.165, 1.54) is 0 Å². The molecule has 1 N–H and O–H groups in total. The number of benzene rings is 2. The molecule has 1 aliphatic rings. The minimum Gasteiger partial charge on any atom is -0.425 e. The first-order valence-corrected chi connectivity index (χ1v) is 8.70. The molecule has 2 aromatic rings. The van der Waals surface area contributed by atoms with Crippen LogP contribution in [-0.4, -0.2) is 29.4 Å². The first-order chi connectivity index (χ1) is 12.7. The molecule has 1 atom stereocenters. The zero-order valence-electron chi connectivity index (χ0n) is 15.8. The van der Waals surface area contributed by atoms with Crippen LogP contribution in [0.3, 0.4) is 0 Å². The molecule has 1 saturated heterocycles. The van der Waals surface area contributed by atoms with Gasteiger partial charge in [0.25, 0.3) is 5.91 Å². The highest BCUT2D eigenvalue weighted by atomic mass is 16.5. The lowest BCUT2D eigenvalue weighted by molar-refractivity contribution is -0.140. The van der Waals surface area contributed by atoms with Gasteiger partial charge in [0.05, 0.1) is 0 Å². The standard InChI is InChI=1S/C21H22N2O4/c1-13-5-8-16(9-6-13)21(4)19(25)23(20(26)22-21)12-18(24)27-17-10-7-14(2)15(3)11-17/h5-11H,12H2,1-4H3,(H,22,26)/t21-/m0/s1. The summed E-state index contributed by atoms with van der Waals surface area (Å²) >= 11 is 0. The van der Waals surface area contributed by atoms with Crippen LogP contribution in [0.1, 0.15) is 29.2 Å². The maximum absolute atomic E-state index is 12.8. The fourth-order valence-electron chi connectivity index (χ4n) is 2.99. The molecule has 0 saturated carbocycles. The molecule has 3 amide bonds. The van der Waals surface area contributed by atoms with Crippen LogP contribution in [0, 0.1) is 20.8 Å². The fourth-order valence-corrected chi connectivity index (χ4v) is 2.99. The molecule has 0 unspecified atom stereocenters. The molecule has 6 nitrogen and oxygen atoms in total. The summed E-state index contributed by atoms with van der Waals surface area (Å²) in [4.78, 5) is 38.3. The Labute approximate surface area is 158 Å². The van der Waals surface area contributed by atoms with Gasteiger partial charge in [-0.2, -0.15) is 0 Å². The summed E-state index contributed by atoms with van der Waals surface area (Å²) < 4.78 is 5.29. The molecule has 1 aliphatic heterocycles. The van der Waals surface area contributed by atoms with Gasteiger partial charge >= 0.3 is 12.0 Å². The van der Waals surface area contributed by atoms with Crippen LogP contribution in [0.4, 0.5) is 4.79 Å². The minimum absolute atomic E-state index is 0.386. The van der Waals surface area contributed by atoms with Crippen LogP contribution in [-0.2, 0) is 15.1 Å². The van der Waals surface area contributed by atoms with Crippen LogP contribution >= 0.6 is 0 Å². The Bertz CT molecular complexity index is 920. The van der Waals surface area contributed by atoms with Crippen molar-refractivity contribution >= 4 is 17.9 Å². The van der Waals surface area contributed by atoms with Crippen molar-refractivity contribution in [1.29, 1.82) is 0 Å². The summed E-state index contributed by atoms with van der Waals surface area (Å²) in [6, 6.07) is 12.0. The van der Waals surface area contributed by atoms with Crippen molar-refractivity contribution in [2.24, 2.45) is 0 Å². The van der Waals surface area contributed by atoms with E-state index >= 15 is 0 Å². The number of hydrogen-bond acceptors (Lipinski definition) is 4. The quantitative estimate of drug-likeness (QED) is 0.513. The molecule has 1 fully saturated rings. The number of nitrogens with one attached hydrogen (secondary N) is 1. The molecule has 3 rings (SSSR count). The summed E-state index contributed by atoms with van der Waals surface area (Å²) in [5, 5.41) is 2.68. The Morgan fingerprint density at radius 2 is 1.70 bits per heavy atom. The van der Waals surface area contributed by atoms with E-state index in [9.17, 15) is 14.4 Å². The van der Waals surface area contributed by atoms with E-state index in [-0.39, 0.29) is 0 Å². The summed E-state index contributed by atoms with van der Waals surface area (Å²) in [5.41, 5.74) is 2.58. The molecule has 0 radical (unpaired) electrons. The maximum atomic E-state index is 12.8. The van der Waals surface area contributed by atoms with E-state index in [1.807, 2.05) is 39.0 Å². The average Bonchev–Trinajstić information content (AvgIpc) is 2.83. The number of carbonyl (C=O) groups excluding carboxylic acids is 3. The maximum Gasteiger partial charge on any atom is 0.331 e. The van der Waals surface area contributed by atoms with Crippen LogP contribution in [0.5, 0.6) is 5.75 Å². The van der Waals surface area contributed by atoms with E-state index in [1.54, 1.807) is 31.2 Å². The Morgan fingerprint density at radius 3 is 2.33 bits per heavy atom. The molecule has 0 aliphatic carbocycles. The minimum atomic E-state index is -1.20. The Kier molecular flexibility index (Phi) is 4.74. The second-order valence-electron chi connectivity index (χ2n) is 7.03. The van der Waals surface area contributed by atoms with Gasteiger partial charge in [0.1, 0.15) is 17.8 Å². The lowest BCUT2D eigenvalue weighted by Crippen LogP contribution is -2.41. The van der Waals surface area contributed by atoms with Gasteiger partial charge in [-0.05, 0) is 56.5 Å². The molecule has 2 aromatic carbocycles. The Hall–Kier alpha value is -3.15. The zero-order chi connectivity index (χ0) is 19.8. The van der Waals surface area contributed by atoms with Crippen molar-refractivity contribution in [2.45, 2.75) is 33.2 Å². The normalized spacial score (nSPS) is 19.2. The third-order valence-corrected chi connectivity index (χ3v) is 4.90. The van der Waals surface area contributed by atoms with Gasteiger partial charge < -0.3 is 10.1 Å². The number of esters is 1. The predicted molar refractivity (Wildman–Crippen MR) is 100 cm³/mol. The van der Waals surface area contributed by atoms with Crippen molar-refractivity contribution in [3.63, 3.8) is 0 Å². The number of hydrogen-bond donors (Lipinski definition) is 1. The topological polar surface area (TPSA) is 75.7 Å². The van der Waals surface area contributed by atoms with Crippen LogP contribution in [0.15, 0.2) is 42.5 Å². The third kappa shape index (κ3) is 3.56. The van der Waals surface area contributed by atoms with Crippen molar-refractivity contribution in [3.05, 3.63) is 64.7 Å². The second-order valence-corrected chi connectivity index (χ2v) is 7.03. The molecule has 0 aromatic heterocycles. The molecule has 27 heavy (non-hydrogen) atoms. The molecule has 1 heterocycles. The highest BCUT2D eigenvalue weighted by molar-refractivity contribution is 6.08. The molecule has 6 heteroatoms. The van der Waals surface area contributed by atoms with Crippen LogP contribution in [0.25, 0.3) is 0 Å². The van der Waals surface area contributed by atoms with Crippen molar-refractivity contribution < 1.29 is 19.1 Å². The van der Waals surface area contributed by atoms with Gasteiger partial charge in [-0.15, -0.1) is 0 Å². The number of amides is 3. The predicted octanol–water partition coefficient (Wildman–Crippen LogP) is 2.98. The number of urea groups is 1. The Balaban J connectivity index is 1.74. The van der Waals surface area contributed by atoms with Gasteiger partial charge in [-0.25, -0.2) is 9.59 Å². The number of carbonyl (C=O) groups is 3. The van der Waals surface area contributed by atoms with Crippen molar-refractivity contribution in [1.82, 2.24) is 10.2 Å². The highest BCUT2D eigenvalue weighted by Gasteiger charge is 2.49. The van der Waals surface area contributed by atoms with Crippen LogP contribution in [0.2, 0.25) is 0 Å². The van der Waals surface area contributed by atoms with Crippen molar-refractivity contribution in [3.8, 4) is 5.75 Å². The van der Waals surface area contributed by atoms with Crippen LogP contribution < -0.4 is 10.1 Å². The number of aryl methyl sites for hydroxylation is 3. The molecular formula is C21H22N2O4. The molecule has 140 valence electrons. The fraction of sp³-hybridized carbons (Fsp3) is 0.286. The van der Waals surface area contributed by atoms with E-state index in [4.69, 9.17) is 4.74 Å². The highest BCUT2D eigenvalue weighted by Crippen LogP contribution is 2.29.